The van der Waals surface area contributed by atoms with Crippen molar-refractivity contribution in [3.63, 3.8) is 0 Å². The zero-order valence-corrected chi connectivity index (χ0v) is 18.8. The van der Waals surface area contributed by atoms with Gasteiger partial charge in [-0.15, -0.1) is 0 Å². The lowest BCUT2D eigenvalue weighted by molar-refractivity contribution is -0.142. The van der Waals surface area contributed by atoms with Gasteiger partial charge in [0.05, 0.1) is 12.5 Å². The number of likely N-dealkylation sites (tertiary alicyclic amines) is 2. The Morgan fingerprint density at radius 2 is 1.69 bits per heavy atom. The third-order valence-electron chi connectivity index (χ3n) is 6.95. The molecule has 3 amide bonds. The number of hydrogen-bond donors (Lipinski definition) is 0. The maximum absolute atomic E-state index is 13.4. The van der Waals surface area contributed by atoms with Gasteiger partial charge in [-0.05, 0) is 36.8 Å². The minimum absolute atomic E-state index is 0.0150. The van der Waals surface area contributed by atoms with Gasteiger partial charge in [0, 0.05) is 38.5 Å². The zero-order valence-electron chi connectivity index (χ0n) is 18.8. The van der Waals surface area contributed by atoms with Crippen LogP contribution in [0.3, 0.4) is 0 Å². The van der Waals surface area contributed by atoms with Crippen LogP contribution in [0.2, 0.25) is 0 Å². The molecule has 0 radical (unpaired) electrons. The Bertz CT molecular complexity index is 998. The Kier molecular flexibility index (Phi) is 6.31. The van der Waals surface area contributed by atoms with Crippen LogP contribution in [0.15, 0.2) is 54.6 Å². The van der Waals surface area contributed by atoms with Gasteiger partial charge in [-0.1, -0.05) is 48.5 Å². The van der Waals surface area contributed by atoms with E-state index < -0.39 is 5.41 Å². The Balaban J connectivity index is 1.49. The fraction of sp³-hybridized carbons (Fsp3) is 0.423. The van der Waals surface area contributed by atoms with Crippen LogP contribution in [0, 0.1) is 5.92 Å². The van der Waals surface area contributed by atoms with E-state index in [0.29, 0.717) is 30.3 Å². The lowest BCUT2D eigenvalue weighted by Gasteiger charge is -2.35. The topological polar surface area (TPSA) is 66.9 Å². The van der Waals surface area contributed by atoms with E-state index in [1.165, 1.54) is 19.7 Å². The molecular formula is C26H30N2O4. The van der Waals surface area contributed by atoms with Crippen LogP contribution in [-0.2, 0) is 26.2 Å². The molecule has 2 fully saturated rings. The molecule has 1 atom stereocenters. The summed E-state index contributed by atoms with van der Waals surface area (Å²) < 4.78 is 5.49. The van der Waals surface area contributed by atoms with Gasteiger partial charge >= 0.3 is 0 Å². The number of carbonyl (C=O) groups excluding carboxylic acids is 3. The van der Waals surface area contributed by atoms with Crippen LogP contribution in [0.25, 0.3) is 0 Å². The van der Waals surface area contributed by atoms with Gasteiger partial charge < -0.3 is 9.64 Å². The van der Waals surface area contributed by atoms with Crippen LogP contribution in [0.4, 0.5) is 0 Å². The number of likely N-dealkylation sites (N-methyl/N-ethyl adjacent to an activating group) is 1. The Labute approximate surface area is 189 Å². The van der Waals surface area contributed by atoms with E-state index in [2.05, 4.69) is 24.3 Å². The number of amides is 3. The first kappa shape index (κ1) is 22.1. The second kappa shape index (κ2) is 9.15. The fourth-order valence-corrected chi connectivity index (χ4v) is 5.07. The number of imide groups is 1. The summed E-state index contributed by atoms with van der Waals surface area (Å²) in [6.07, 6.45) is 2.86. The van der Waals surface area contributed by atoms with E-state index in [1.54, 1.807) is 12.1 Å². The maximum atomic E-state index is 13.4. The molecule has 32 heavy (non-hydrogen) atoms. The molecule has 0 saturated carbocycles. The molecule has 0 aromatic heterocycles. The summed E-state index contributed by atoms with van der Waals surface area (Å²) in [6, 6.07) is 17.6. The Morgan fingerprint density at radius 1 is 1.03 bits per heavy atom. The third-order valence-corrected chi connectivity index (χ3v) is 6.95. The number of rotatable bonds is 6. The summed E-state index contributed by atoms with van der Waals surface area (Å²) in [7, 11) is 3.03. The van der Waals surface area contributed by atoms with Crippen molar-refractivity contribution in [1.82, 2.24) is 9.80 Å². The summed E-state index contributed by atoms with van der Waals surface area (Å²) >= 11 is 0. The molecule has 6 nitrogen and oxygen atoms in total. The predicted molar refractivity (Wildman–Crippen MR) is 121 cm³/mol. The largest absolute Gasteiger partial charge is 0.496 e. The standard InChI is InChI=1S/C26H30N2O4/c1-27-23(29)17-26(25(27)31,21-10-6-7-11-22(21)32-2)18-24(30)28-14-12-20(13-15-28)16-19-8-4-3-5-9-19/h3-11,20H,12-18H2,1-2H3. The van der Waals surface area contributed by atoms with Crippen LogP contribution < -0.4 is 4.74 Å². The highest BCUT2D eigenvalue weighted by molar-refractivity contribution is 6.10. The van der Waals surface area contributed by atoms with Gasteiger partial charge in [0.1, 0.15) is 5.75 Å². The average molecular weight is 435 g/mol. The lowest BCUT2D eigenvalue weighted by Crippen LogP contribution is -2.45. The van der Waals surface area contributed by atoms with Crippen LogP contribution in [0.5, 0.6) is 5.75 Å². The van der Waals surface area contributed by atoms with Crippen LogP contribution in [0.1, 0.15) is 36.8 Å². The normalized spacial score (nSPS) is 21.8. The summed E-state index contributed by atoms with van der Waals surface area (Å²) in [5, 5.41) is 0. The average Bonchev–Trinajstić information content (AvgIpc) is 3.04. The van der Waals surface area contributed by atoms with E-state index in [9.17, 15) is 14.4 Å². The first-order valence-corrected chi connectivity index (χ1v) is 11.2. The molecule has 2 saturated heterocycles. The number of para-hydroxylation sites is 1. The number of carbonyl (C=O) groups is 3. The molecule has 0 bridgehead atoms. The predicted octanol–water partition coefficient (Wildman–Crippen LogP) is 3.19. The van der Waals surface area contributed by atoms with Gasteiger partial charge in [-0.3, -0.25) is 19.3 Å². The molecule has 2 aliphatic rings. The summed E-state index contributed by atoms with van der Waals surface area (Å²) in [5.74, 6) is 0.392. The number of piperidine rings is 1. The molecule has 2 heterocycles. The minimum atomic E-state index is -1.21. The number of nitrogens with zero attached hydrogens (tertiary/aromatic N) is 2. The van der Waals surface area contributed by atoms with Crippen LogP contribution >= 0.6 is 0 Å². The molecule has 2 aromatic rings. The minimum Gasteiger partial charge on any atom is -0.496 e. The number of benzene rings is 2. The van der Waals surface area contributed by atoms with Crippen molar-refractivity contribution in [2.75, 3.05) is 27.2 Å². The van der Waals surface area contributed by atoms with Crippen molar-refractivity contribution in [2.24, 2.45) is 5.92 Å². The summed E-state index contributed by atoms with van der Waals surface area (Å²) in [6.45, 7) is 1.35. The van der Waals surface area contributed by atoms with E-state index in [4.69, 9.17) is 4.74 Å². The van der Waals surface area contributed by atoms with Crippen molar-refractivity contribution in [3.8, 4) is 5.75 Å². The quantitative estimate of drug-likeness (QED) is 0.655. The van der Waals surface area contributed by atoms with E-state index in [-0.39, 0.29) is 30.6 Å². The van der Waals surface area contributed by atoms with Gasteiger partial charge in [-0.2, -0.15) is 0 Å². The van der Waals surface area contributed by atoms with E-state index >= 15 is 0 Å². The van der Waals surface area contributed by atoms with Crippen molar-refractivity contribution in [3.05, 3.63) is 65.7 Å². The van der Waals surface area contributed by atoms with Crippen molar-refractivity contribution < 1.29 is 19.1 Å². The SMILES string of the molecule is COc1ccccc1C1(CC(=O)N2CCC(Cc3ccccc3)CC2)CC(=O)N(C)C1=O. The molecule has 1 unspecified atom stereocenters. The lowest BCUT2D eigenvalue weighted by atomic mass is 9.75. The summed E-state index contributed by atoms with van der Waals surface area (Å²) in [4.78, 5) is 42.1. The van der Waals surface area contributed by atoms with Gasteiger partial charge in [0.25, 0.3) is 0 Å². The smallest absolute Gasteiger partial charge is 0.240 e. The van der Waals surface area contributed by atoms with Crippen LogP contribution in [-0.4, -0.2) is 54.8 Å². The van der Waals surface area contributed by atoms with Gasteiger partial charge in [-0.25, -0.2) is 0 Å². The highest BCUT2D eigenvalue weighted by atomic mass is 16.5. The molecule has 2 aromatic carbocycles. The second-order valence-corrected chi connectivity index (χ2v) is 8.91. The third kappa shape index (κ3) is 4.14. The molecule has 4 rings (SSSR count). The Morgan fingerprint density at radius 3 is 2.31 bits per heavy atom. The van der Waals surface area contributed by atoms with Crippen molar-refractivity contribution in [2.45, 2.75) is 37.5 Å². The van der Waals surface area contributed by atoms with Gasteiger partial charge in [0.2, 0.25) is 17.7 Å². The van der Waals surface area contributed by atoms with E-state index in [0.717, 1.165) is 24.2 Å². The van der Waals surface area contributed by atoms with E-state index in [1.807, 2.05) is 23.1 Å². The highest BCUT2D eigenvalue weighted by Gasteiger charge is 2.54. The molecule has 6 heteroatoms. The summed E-state index contributed by atoms with van der Waals surface area (Å²) in [5.41, 5.74) is 0.721. The molecule has 2 aliphatic heterocycles. The molecular weight excluding hydrogens is 404 g/mol. The second-order valence-electron chi connectivity index (χ2n) is 8.91. The molecule has 0 spiro atoms. The molecule has 0 N–H and O–H groups in total. The highest BCUT2D eigenvalue weighted by Crippen LogP contribution is 2.43. The Hall–Kier alpha value is -3.15. The zero-order chi connectivity index (χ0) is 22.7. The fourth-order valence-electron chi connectivity index (χ4n) is 5.07. The number of hydrogen-bond acceptors (Lipinski definition) is 4. The van der Waals surface area contributed by atoms with Gasteiger partial charge in [0.15, 0.2) is 0 Å². The number of methoxy groups -OCH3 is 1. The first-order chi connectivity index (χ1) is 15.4. The first-order valence-electron chi connectivity index (χ1n) is 11.2. The maximum Gasteiger partial charge on any atom is 0.240 e. The molecule has 168 valence electrons. The van der Waals surface area contributed by atoms with Crippen molar-refractivity contribution in [1.29, 1.82) is 0 Å². The monoisotopic (exact) mass is 434 g/mol. The molecule has 0 aliphatic carbocycles. The number of ether oxygens (including phenoxy) is 1. The van der Waals surface area contributed by atoms with Crippen molar-refractivity contribution >= 4 is 17.7 Å².